The zero-order chi connectivity index (χ0) is 11.1. The van der Waals surface area contributed by atoms with Crippen molar-refractivity contribution in [2.45, 2.75) is 12.5 Å². The van der Waals surface area contributed by atoms with Crippen LogP contribution in [-0.2, 0) is 20.8 Å². The fourth-order valence-corrected chi connectivity index (χ4v) is 1.14. The first-order valence-corrected chi connectivity index (χ1v) is 4.35. The largest absolute Gasteiger partial charge is 0.480 e. The summed E-state index contributed by atoms with van der Waals surface area (Å²) in [6, 6.07) is 8.15. The zero-order valence-electron chi connectivity index (χ0n) is 7.92. The summed E-state index contributed by atoms with van der Waals surface area (Å²) in [5, 5.41) is 8.80. The lowest BCUT2D eigenvalue weighted by molar-refractivity contribution is -0.148. The van der Waals surface area contributed by atoms with Crippen LogP contribution in [0, 0.1) is 0 Å². The Morgan fingerprint density at radius 1 is 1.47 bits per heavy atom. The zero-order valence-corrected chi connectivity index (χ0v) is 7.92. The van der Waals surface area contributed by atoms with E-state index in [9.17, 15) is 9.59 Å². The molecule has 15 heavy (non-hydrogen) atoms. The second-order valence-corrected chi connectivity index (χ2v) is 2.91. The van der Waals surface area contributed by atoms with Crippen molar-refractivity contribution in [1.82, 2.24) is 5.48 Å². The summed E-state index contributed by atoms with van der Waals surface area (Å²) in [5.74, 6) is -1.07. The van der Waals surface area contributed by atoms with Crippen LogP contribution < -0.4 is 5.48 Å². The fourth-order valence-electron chi connectivity index (χ4n) is 1.14. The lowest BCUT2D eigenvalue weighted by Gasteiger charge is -2.11. The van der Waals surface area contributed by atoms with Crippen LogP contribution in [0.5, 0.6) is 0 Å². The van der Waals surface area contributed by atoms with Gasteiger partial charge in [0.25, 0.3) is 0 Å². The highest BCUT2D eigenvalue weighted by atomic mass is 16.7. The van der Waals surface area contributed by atoms with Crippen molar-refractivity contribution in [2.75, 3.05) is 0 Å². The van der Waals surface area contributed by atoms with Gasteiger partial charge in [-0.15, -0.1) is 5.48 Å². The second-order valence-electron chi connectivity index (χ2n) is 2.91. The molecule has 5 heteroatoms. The molecule has 0 saturated carbocycles. The minimum absolute atomic E-state index is 0.154. The first-order valence-electron chi connectivity index (χ1n) is 4.35. The number of carboxylic acids is 1. The van der Waals surface area contributed by atoms with E-state index in [1.54, 1.807) is 12.1 Å². The van der Waals surface area contributed by atoms with Gasteiger partial charge in [0.2, 0.25) is 0 Å². The topological polar surface area (TPSA) is 75.6 Å². The number of aliphatic carboxylic acids is 1. The Kier molecular flexibility index (Phi) is 4.30. The normalized spacial score (nSPS) is 11.7. The van der Waals surface area contributed by atoms with Crippen molar-refractivity contribution in [3.63, 3.8) is 0 Å². The summed E-state index contributed by atoms with van der Waals surface area (Å²) in [5.41, 5.74) is 3.00. The number of benzene rings is 1. The van der Waals surface area contributed by atoms with E-state index in [-0.39, 0.29) is 12.9 Å². The molecule has 1 rings (SSSR count). The van der Waals surface area contributed by atoms with E-state index in [4.69, 9.17) is 5.11 Å². The van der Waals surface area contributed by atoms with Gasteiger partial charge in [-0.1, -0.05) is 30.3 Å². The standard InChI is InChI=1S/C10H11NO4/c12-7-15-11-9(10(13)14)6-8-4-2-1-3-5-8/h1-5,7,9,11H,6H2,(H,13,14)/t9-/m0/s1. The third kappa shape index (κ3) is 3.78. The van der Waals surface area contributed by atoms with Crippen molar-refractivity contribution in [3.05, 3.63) is 35.9 Å². The molecule has 0 fully saturated rings. The van der Waals surface area contributed by atoms with Crippen molar-refractivity contribution < 1.29 is 19.5 Å². The molecule has 0 amide bonds. The first-order chi connectivity index (χ1) is 7.24. The molecular formula is C10H11NO4. The fraction of sp³-hybridized carbons (Fsp3) is 0.200. The Hall–Kier alpha value is -1.88. The maximum absolute atomic E-state index is 10.8. The SMILES string of the molecule is O=CON[C@@H](Cc1ccccc1)C(=O)O. The Bertz CT molecular complexity index is 325. The molecule has 1 aromatic rings. The molecule has 2 N–H and O–H groups in total. The van der Waals surface area contributed by atoms with Gasteiger partial charge in [0, 0.05) is 6.42 Å². The first kappa shape index (κ1) is 11.2. The van der Waals surface area contributed by atoms with Gasteiger partial charge in [-0.3, -0.25) is 9.59 Å². The second kappa shape index (κ2) is 5.77. The number of carbonyl (C=O) groups excluding carboxylic acids is 1. The van der Waals surface area contributed by atoms with Gasteiger partial charge in [0.05, 0.1) is 0 Å². The molecule has 0 bridgehead atoms. The summed E-state index contributed by atoms with van der Waals surface area (Å²) in [6.07, 6.45) is 0.254. The number of nitrogens with one attached hydrogen (secondary N) is 1. The van der Waals surface area contributed by atoms with Crippen molar-refractivity contribution in [3.8, 4) is 0 Å². The monoisotopic (exact) mass is 209 g/mol. The summed E-state index contributed by atoms with van der Waals surface area (Å²) >= 11 is 0. The molecule has 0 aromatic heterocycles. The maximum Gasteiger partial charge on any atom is 0.324 e. The summed E-state index contributed by atoms with van der Waals surface area (Å²) in [4.78, 5) is 24.9. The van der Waals surface area contributed by atoms with Crippen molar-refractivity contribution in [1.29, 1.82) is 0 Å². The number of hydrogen-bond acceptors (Lipinski definition) is 4. The van der Waals surface area contributed by atoms with Gasteiger partial charge in [-0.05, 0) is 5.56 Å². The molecule has 80 valence electrons. The minimum atomic E-state index is -1.07. The van der Waals surface area contributed by atoms with Crippen LogP contribution in [0.1, 0.15) is 5.56 Å². The van der Waals surface area contributed by atoms with Crippen molar-refractivity contribution in [2.24, 2.45) is 0 Å². The Balaban J connectivity index is 2.58. The predicted molar refractivity (Wildman–Crippen MR) is 51.9 cm³/mol. The van der Waals surface area contributed by atoms with E-state index < -0.39 is 12.0 Å². The van der Waals surface area contributed by atoms with Crippen LogP contribution in [0.4, 0.5) is 0 Å². The third-order valence-corrected chi connectivity index (χ3v) is 1.84. The average molecular weight is 209 g/mol. The quantitative estimate of drug-likeness (QED) is 0.522. The van der Waals surface area contributed by atoms with E-state index in [1.807, 2.05) is 18.2 Å². The van der Waals surface area contributed by atoms with E-state index in [1.165, 1.54) is 0 Å². The highest BCUT2D eigenvalue weighted by molar-refractivity contribution is 5.73. The van der Waals surface area contributed by atoms with Gasteiger partial charge < -0.3 is 9.94 Å². The molecule has 5 nitrogen and oxygen atoms in total. The highest BCUT2D eigenvalue weighted by Gasteiger charge is 2.17. The van der Waals surface area contributed by atoms with Crippen molar-refractivity contribution >= 4 is 12.4 Å². The number of hydrogen-bond donors (Lipinski definition) is 2. The van der Waals surface area contributed by atoms with Gasteiger partial charge in [0.15, 0.2) is 0 Å². The van der Waals surface area contributed by atoms with Crippen LogP contribution >= 0.6 is 0 Å². The Labute approximate surface area is 86.6 Å². The molecule has 0 aliphatic rings. The van der Waals surface area contributed by atoms with E-state index >= 15 is 0 Å². The van der Waals surface area contributed by atoms with E-state index in [0.29, 0.717) is 0 Å². The Morgan fingerprint density at radius 3 is 2.67 bits per heavy atom. The van der Waals surface area contributed by atoms with Crippen LogP contribution in [0.3, 0.4) is 0 Å². The molecule has 0 unspecified atom stereocenters. The minimum Gasteiger partial charge on any atom is -0.480 e. The summed E-state index contributed by atoms with van der Waals surface area (Å²) in [6.45, 7) is 0.154. The number of rotatable bonds is 6. The number of hydroxylamine groups is 1. The highest BCUT2D eigenvalue weighted by Crippen LogP contribution is 2.03. The Morgan fingerprint density at radius 2 is 2.13 bits per heavy atom. The molecule has 0 saturated heterocycles. The molecule has 1 atom stereocenters. The van der Waals surface area contributed by atoms with Crippen LogP contribution in [0.15, 0.2) is 30.3 Å². The van der Waals surface area contributed by atoms with Gasteiger partial charge >= 0.3 is 12.4 Å². The van der Waals surface area contributed by atoms with Crippen LogP contribution in [-0.4, -0.2) is 23.6 Å². The van der Waals surface area contributed by atoms with Gasteiger partial charge in [-0.25, -0.2) is 0 Å². The van der Waals surface area contributed by atoms with E-state index in [0.717, 1.165) is 5.56 Å². The summed E-state index contributed by atoms with van der Waals surface area (Å²) in [7, 11) is 0. The lowest BCUT2D eigenvalue weighted by Crippen LogP contribution is -2.38. The maximum atomic E-state index is 10.8. The number of carboxylic acid groups (broad SMARTS) is 1. The number of carbonyl (C=O) groups is 2. The van der Waals surface area contributed by atoms with Crippen LogP contribution in [0.2, 0.25) is 0 Å². The smallest absolute Gasteiger partial charge is 0.324 e. The van der Waals surface area contributed by atoms with Gasteiger partial charge in [-0.2, -0.15) is 0 Å². The molecular weight excluding hydrogens is 198 g/mol. The molecule has 0 radical (unpaired) electrons. The summed E-state index contributed by atoms with van der Waals surface area (Å²) < 4.78 is 0. The lowest BCUT2D eigenvalue weighted by atomic mass is 10.1. The molecule has 0 heterocycles. The van der Waals surface area contributed by atoms with E-state index in [2.05, 4.69) is 10.3 Å². The molecule has 0 aliphatic heterocycles. The average Bonchev–Trinajstić information content (AvgIpc) is 2.25. The molecule has 0 spiro atoms. The van der Waals surface area contributed by atoms with Crippen LogP contribution in [0.25, 0.3) is 0 Å². The van der Waals surface area contributed by atoms with Gasteiger partial charge in [0.1, 0.15) is 6.04 Å². The third-order valence-electron chi connectivity index (χ3n) is 1.84. The molecule has 1 aromatic carbocycles. The molecule has 0 aliphatic carbocycles. The predicted octanol–water partition coefficient (Wildman–Crippen LogP) is 0.360.